The van der Waals surface area contributed by atoms with Crippen LogP contribution in [0.5, 0.6) is 0 Å². The molecule has 3 fully saturated rings. The first-order valence-corrected chi connectivity index (χ1v) is 14.5. The van der Waals surface area contributed by atoms with E-state index < -0.39 is 41.1 Å². The van der Waals surface area contributed by atoms with E-state index in [0.717, 1.165) is 25.7 Å². The Labute approximate surface area is 228 Å². The van der Waals surface area contributed by atoms with E-state index in [2.05, 4.69) is 20.1 Å². The lowest BCUT2D eigenvalue weighted by molar-refractivity contribution is -0.164. The van der Waals surface area contributed by atoms with Gasteiger partial charge in [-0.25, -0.2) is 0 Å². The fourth-order valence-corrected chi connectivity index (χ4v) is 6.92. The second-order valence-corrected chi connectivity index (χ2v) is 11.2. The Bertz CT molecular complexity index is 892. The lowest BCUT2D eigenvalue weighted by atomic mass is 9.65. The molecule has 3 rings (SSSR count). The molecular formula is C30H48N2O6. The van der Waals surface area contributed by atoms with Crippen molar-refractivity contribution < 1.29 is 29.0 Å². The summed E-state index contributed by atoms with van der Waals surface area (Å²) in [5.41, 5.74) is -1.96. The van der Waals surface area contributed by atoms with Crippen LogP contribution in [0.15, 0.2) is 25.3 Å². The van der Waals surface area contributed by atoms with Crippen LogP contribution in [0.2, 0.25) is 0 Å². The van der Waals surface area contributed by atoms with Gasteiger partial charge in [0.05, 0.1) is 30.8 Å². The van der Waals surface area contributed by atoms with Gasteiger partial charge in [-0.1, -0.05) is 52.7 Å². The van der Waals surface area contributed by atoms with Crippen LogP contribution in [0, 0.1) is 17.8 Å². The van der Waals surface area contributed by atoms with E-state index in [1.807, 2.05) is 20.8 Å². The Morgan fingerprint density at radius 3 is 2.55 bits per heavy atom. The molecule has 0 saturated carbocycles. The number of amides is 2. The first-order valence-electron chi connectivity index (χ1n) is 14.5. The van der Waals surface area contributed by atoms with Crippen LogP contribution in [0.4, 0.5) is 0 Å². The molecule has 38 heavy (non-hydrogen) atoms. The summed E-state index contributed by atoms with van der Waals surface area (Å²) < 4.78 is 12.5. The number of esters is 1. The fourth-order valence-electron chi connectivity index (χ4n) is 6.92. The third-order valence-corrected chi connectivity index (χ3v) is 9.19. The number of carbonyl (C=O) groups excluding carboxylic acids is 3. The van der Waals surface area contributed by atoms with Crippen LogP contribution in [0.3, 0.4) is 0 Å². The van der Waals surface area contributed by atoms with Crippen molar-refractivity contribution in [1.29, 1.82) is 0 Å². The van der Waals surface area contributed by atoms with Gasteiger partial charge in [0.2, 0.25) is 11.8 Å². The summed E-state index contributed by atoms with van der Waals surface area (Å²) in [6, 6.07) is -1.46. The quantitative estimate of drug-likeness (QED) is 0.184. The molecule has 3 heterocycles. The van der Waals surface area contributed by atoms with Crippen molar-refractivity contribution in [2.24, 2.45) is 17.8 Å². The zero-order valence-corrected chi connectivity index (χ0v) is 23.8. The third-order valence-electron chi connectivity index (χ3n) is 9.19. The summed E-state index contributed by atoms with van der Waals surface area (Å²) in [5, 5.41) is 10.5. The molecule has 0 aliphatic carbocycles. The van der Waals surface area contributed by atoms with Gasteiger partial charge in [0, 0.05) is 13.1 Å². The Hall–Kier alpha value is -2.19. The van der Waals surface area contributed by atoms with E-state index in [4.69, 9.17) is 9.47 Å². The number of ether oxygens (including phenoxy) is 2. The lowest BCUT2D eigenvalue weighted by Gasteiger charge is -2.41. The van der Waals surface area contributed by atoms with Gasteiger partial charge in [0.1, 0.15) is 17.6 Å². The lowest BCUT2D eigenvalue weighted by Crippen LogP contribution is -2.60. The molecule has 0 aromatic heterocycles. The number of aliphatic hydroxyl groups excluding tert-OH is 1. The number of hydrogen-bond donors (Lipinski definition) is 1. The minimum atomic E-state index is -1.12. The summed E-state index contributed by atoms with van der Waals surface area (Å²) in [6.07, 6.45) is 8.99. The SMILES string of the molecule is C=CCCCOC(=O)[C@H]1[C@H]2C(=O)N([C@@H](CO)[C@@H](C)CC)C(C(=O)N(CC=C)CCCC)C23CC[C@]1(CC)O3. The maximum atomic E-state index is 14.4. The summed E-state index contributed by atoms with van der Waals surface area (Å²) >= 11 is 0. The van der Waals surface area contributed by atoms with Gasteiger partial charge in [-0.2, -0.15) is 0 Å². The Morgan fingerprint density at radius 2 is 1.97 bits per heavy atom. The highest BCUT2D eigenvalue weighted by Crippen LogP contribution is 2.65. The van der Waals surface area contributed by atoms with Gasteiger partial charge < -0.3 is 24.4 Å². The highest BCUT2D eigenvalue weighted by atomic mass is 16.6. The highest BCUT2D eigenvalue weighted by molar-refractivity contribution is 5.98. The van der Waals surface area contributed by atoms with E-state index in [0.29, 0.717) is 38.8 Å². The van der Waals surface area contributed by atoms with Gasteiger partial charge in [-0.05, 0) is 44.4 Å². The number of fused-ring (bicyclic) bond motifs is 1. The molecule has 0 aromatic carbocycles. The molecule has 1 spiro atoms. The zero-order chi connectivity index (χ0) is 28.1. The minimum absolute atomic E-state index is 0.0420. The summed E-state index contributed by atoms with van der Waals surface area (Å²) in [7, 11) is 0. The number of likely N-dealkylation sites (tertiary alicyclic amines) is 1. The molecule has 2 unspecified atom stereocenters. The number of nitrogens with zero attached hydrogens (tertiary/aromatic N) is 2. The monoisotopic (exact) mass is 532 g/mol. The largest absolute Gasteiger partial charge is 0.465 e. The fraction of sp³-hybridized carbons (Fsp3) is 0.767. The number of carbonyl (C=O) groups is 3. The van der Waals surface area contributed by atoms with Crippen molar-refractivity contribution in [2.45, 2.75) is 102 Å². The molecule has 3 aliphatic heterocycles. The first-order chi connectivity index (χ1) is 18.2. The third kappa shape index (κ3) is 5.06. The van der Waals surface area contributed by atoms with Crippen molar-refractivity contribution >= 4 is 17.8 Å². The second-order valence-electron chi connectivity index (χ2n) is 11.2. The topological polar surface area (TPSA) is 96.4 Å². The predicted molar refractivity (Wildman–Crippen MR) is 146 cm³/mol. The predicted octanol–water partition coefficient (Wildman–Crippen LogP) is 3.87. The van der Waals surface area contributed by atoms with Crippen molar-refractivity contribution in [3.8, 4) is 0 Å². The molecular weight excluding hydrogens is 484 g/mol. The van der Waals surface area contributed by atoms with Gasteiger partial charge in [-0.3, -0.25) is 14.4 Å². The minimum Gasteiger partial charge on any atom is -0.465 e. The summed E-state index contributed by atoms with van der Waals surface area (Å²) in [4.78, 5) is 45.7. The van der Waals surface area contributed by atoms with Crippen molar-refractivity contribution in [3.05, 3.63) is 25.3 Å². The smallest absolute Gasteiger partial charge is 0.312 e. The maximum absolute atomic E-state index is 14.4. The first kappa shape index (κ1) is 30.4. The average Bonchev–Trinajstić information content (AvgIpc) is 3.52. The maximum Gasteiger partial charge on any atom is 0.312 e. The Kier molecular flexibility index (Phi) is 10.2. The molecule has 8 nitrogen and oxygen atoms in total. The van der Waals surface area contributed by atoms with Gasteiger partial charge in [-0.15, -0.1) is 13.2 Å². The van der Waals surface area contributed by atoms with Crippen LogP contribution in [-0.4, -0.2) is 82.3 Å². The Balaban J connectivity index is 2.09. The Morgan fingerprint density at radius 1 is 1.24 bits per heavy atom. The van der Waals surface area contributed by atoms with Crippen LogP contribution < -0.4 is 0 Å². The molecule has 3 aliphatic rings. The van der Waals surface area contributed by atoms with E-state index in [-0.39, 0.29) is 30.9 Å². The number of aliphatic hydroxyl groups is 1. The van der Waals surface area contributed by atoms with Crippen molar-refractivity contribution in [1.82, 2.24) is 9.80 Å². The standard InChI is InChI=1S/C30H48N2O6/c1-7-12-14-19-37-28(36)24-23-26(34)32(22(20-33)21(6)10-4)25(27(35)31(17-9-3)18-13-8-2)30(23)16-15-29(24,11-5)38-30/h7,9,21-25,33H,1,3,8,10-20H2,2,4-6H3/t21-,22-,23-,24+,25?,29-,30?/m0/s1. The average molecular weight is 533 g/mol. The van der Waals surface area contributed by atoms with Gasteiger partial charge in [0.25, 0.3) is 0 Å². The number of hydrogen-bond acceptors (Lipinski definition) is 6. The number of allylic oxidation sites excluding steroid dienone is 1. The van der Waals surface area contributed by atoms with Gasteiger partial charge in [0.15, 0.2) is 0 Å². The normalized spacial score (nSPS) is 31.1. The van der Waals surface area contributed by atoms with E-state index >= 15 is 0 Å². The summed E-state index contributed by atoms with van der Waals surface area (Å²) in [6.45, 7) is 16.5. The van der Waals surface area contributed by atoms with Crippen molar-refractivity contribution in [3.63, 3.8) is 0 Å². The molecule has 214 valence electrons. The van der Waals surface area contributed by atoms with E-state index in [1.54, 1.807) is 22.0 Å². The van der Waals surface area contributed by atoms with Crippen LogP contribution in [-0.2, 0) is 23.9 Å². The number of unbranched alkanes of at least 4 members (excludes halogenated alkanes) is 2. The van der Waals surface area contributed by atoms with Crippen LogP contribution >= 0.6 is 0 Å². The molecule has 2 amide bonds. The highest BCUT2D eigenvalue weighted by Gasteiger charge is 2.79. The summed E-state index contributed by atoms with van der Waals surface area (Å²) in [5.74, 6) is -2.53. The van der Waals surface area contributed by atoms with Gasteiger partial charge >= 0.3 is 5.97 Å². The zero-order valence-electron chi connectivity index (χ0n) is 23.8. The van der Waals surface area contributed by atoms with Crippen molar-refractivity contribution in [2.75, 3.05) is 26.3 Å². The second kappa shape index (κ2) is 12.8. The molecule has 1 N–H and O–H groups in total. The number of rotatable bonds is 16. The molecule has 7 atom stereocenters. The van der Waals surface area contributed by atoms with Crippen LogP contribution in [0.25, 0.3) is 0 Å². The molecule has 8 heteroatoms. The van der Waals surface area contributed by atoms with Crippen LogP contribution in [0.1, 0.15) is 79.1 Å². The molecule has 0 aromatic rings. The van der Waals surface area contributed by atoms with E-state index in [1.165, 1.54) is 0 Å². The molecule has 0 radical (unpaired) electrons. The van der Waals surface area contributed by atoms with E-state index in [9.17, 15) is 19.5 Å². The molecule has 2 bridgehead atoms. The molecule has 3 saturated heterocycles.